The van der Waals surface area contributed by atoms with Crippen LogP contribution in [0.5, 0.6) is 0 Å². The summed E-state index contributed by atoms with van der Waals surface area (Å²) in [7, 11) is 0. The van der Waals surface area contributed by atoms with E-state index in [9.17, 15) is 9.90 Å². The molecule has 1 fully saturated rings. The van der Waals surface area contributed by atoms with Crippen LogP contribution in [0.3, 0.4) is 0 Å². The van der Waals surface area contributed by atoms with Crippen molar-refractivity contribution in [2.75, 3.05) is 5.32 Å². The number of nitrogens with zero attached hydrogens (tertiary/aromatic N) is 2. The smallest absolute Gasteiger partial charge is 0.251 e. The minimum absolute atomic E-state index is 0.144. The Morgan fingerprint density at radius 1 is 1.06 bits per heavy atom. The van der Waals surface area contributed by atoms with Gasteiger partial charge in [-0.05, 0) is 55.2 Å². The molecule has 2 heterocycles. The van der Waals surface area contributed by atoms with Gasteiger partial charge in [0.05, 0.1) is 12.1 Å². The van der Waals surface area contributed by atoms with Crippen LogP contribution >= 0.6 is 0 Å². The summed E-state index contributed by atoms with van der Waals surface area (Å²) in [5.41, 5.74) is 5.64. The largest absolute Gasteiger partial charge is 0.391 e. The SMILES string of the molecule is Cc1ccc(C(=O)N[C@H]2CCCC[C@@H]2O)cc1NCc1cncc(-c2cccnc2)c1. The van der Waals surface area contributed by atoms with Gasteiger partial charge in [-0.3, -0.25) is 14.8 Å². The summed E-state index contributed by atoms with van der Waals surface area (Å²) < 4.78 is 0. The first-order chi connectivity index (χ1) is 15.1. The van der Waals surface area contributed by atoms with Crippen molar-refractivity contribution in [3.8, 4) is 11.1 Å². The number of benzene rings is 1. The van der Waals surface area contributed by atoms with E-state index in [0.29, 0.717) is 12.1 Å². The van der Waals surface area contributed by atoms with Gasteiger partial charge in [0.25, 0.3) is 5.91 Å². The van der Waals surface area contributed by atoms with E-state index in [1.807, 2.05) is 55.8 Å². The lowest BCUT2D eigenvalue weighted by atomic mass is 9.92. The van der Waals surface area contributed by atoms with Gasteiger partial charge in [0.2, 0.25) is 0 Å². The van der Waals surface area contributed by atoms with Crippen LogP contribution in [0.15, 0.2) is 61.2 Å². The lowest BCUT2D eigenvalue weighted by Crippen LogP contribution is -2.45. The van der Waals surface area contributed by atoms with Gasteiger partial charge in [-0.2, -0.15) is 0 Å². The minimum Gasteiger partial charge on any atom is -0.391 e. The molecular weight excluding hydrogens is 388 g/mol. The summed E-state index contributed by atoms with van der Waals surface area (Å²) in [6.45, 7) is 2.60. The highest BCUT2D eigenvalue weighted by Crippen LogP contribution is 2.22. The fourth-order valence-electron chi connectivity index (χ4n) is 3.96. The average Bonchev–Trinajstić information content (AvgIpc) is 2.81. The normalized spacial score (nSPS) is 18.4. The van der Waals surface area contributed by atoms with Gasteiger partial charge >= 0.3 is 0 Å². The van der Waals surface area contributed by atoms with Gasteiger partial charge < -0.3 is 15.7 Å². The summed E-state index contributed by atoms with van der Waals surface area (Å²) in [4.78, 5) is 21.3. The molecule has 0 saturated heterocycles. The van der Waals surface area contributed by atoms with E-state index in [1.165, 1.54) is 0 Å². The molecule has 3 N–H and O–H groups in total. The van der Waals surface area contributed by atoms with Gasteiger partial charge in [-0.1, -0.05) is 25.0 Å². The number of aryl methyl sites for hydroxylation is 1. The quantitative estimate of drug-likeness (QED) is 0.563. The Kier molecular flexibility index (Phi) is 6.57. The van der Waals surface area contributed by atoms with Gasteiger partial charge in [-0.25, -0.2) is 0 Å². The average molecular weight is 417 g/mol. The summed E-state index contributed by atoms with van der Waals surface area (Å²) >= 11 is 0. The Balaban J connectivity index is 1.44. The molecule has 0 spiro atoms. The molecule has 1 aliphatic rings. The zero-order valence-corrected chi connectivity index (χ0v) is 17.7. The van der Waals surface area contributed by atoms with Crippen LogP contribution in [0.4, 0.5) is 5.69 Å². The zero-order valence-electron chi connectivity index (χ0n) is 17.7. The Morgan fingerprint density at radius 2 is 1.90 bits per heavy atom. The van der Waals surface area contributed by atoms with Gasteiger partial charge in [-0.15, -0.1) is 0 Å². The maximum atomic E-state index is 12.7. The number of carbonyl (C=O) groups is 1. The third-order valence-corrected chi connectivity index (χ3v) is 5.82. The zero-order chi connectivity index (χ0) is 21.6. The molecule has 1 amide bonds. The van der Waals surface area contributed by atoms with Crippen LogP contribution in [0, 0.1) is 6.92 Å². The van der Waals surface area contributed by atoms with Crippen molar-refractivity contribution < 1.29 is 9.90 Å². The van der Waals surface area contributed by atoms with E-state index in [0.717, 1.165) is 53.6 Å². The maximum Gasteiger partial charge on any atom is 0.251 e. The fraction of sp³-hybridized carbons (Fsp3) is 0.320. The molecule has 4 rings (SSSR count). The van der Waals surface area contributed by atoms with Crippen molar-refractivity contribution in [1.82, 2.24) is 15.3 Å². The number of pyridine rings is 2. The highest BCUT2D eigenvalue weighted by molar-refractivity contribution is 5.95. The lowest BCUT2D eigenvalue weighted by Gasteiger charge is -2.28. The third kappa shape index (κ3) is 5.27. The van der Waals surface area contributed by atoms with Crippen molar-refractivity contribution in [1.29, 1.82) is 0 Å². The summed E-state index contributed by atoms with van der Waals surface area (Å²) in [5, 5.41) is 16.6. The molecule has 0 radical (unpaired) electrons. The molecule has 1 aromatic carbocycles. The summed E-state index contributed by atoms with van der Waals surface area (Å²) in [6.07, 6.45) is 10.4. The van der Waals surface area contributed by atoms with Crippen molar-refractivity contribution in [3.63, 3.8) is 0 Å². The molecule has 6 heteroatoms. The lowest BCUT2D eigenvalue weighted by molar-refractivity contribution is 0.0717. The van der Waals surface area contributed by atoms with Gasteiger partial charge in [0, 0.05) is 53.7 Å². The van der Waals surface area contributed by atoms with Crippen LogP contribution in [-0.4, -0.2) is 33.1 Å². The number of hydrogen-bond donors (Lipinski definition) is 3. The van der Waals surface area contributed by atoms with E-state index >= 15 is 0 Å². The Labute approximate surface area is 182 Å². The van der Waals surface area contributed by atoms with Crippen molar-refractivity contribution in [2.45, 2.75) is 51.3 Å². The topological polar surface area (TPSA) is 87.1 Å². The molecule has 2 atom stereocenters. The number of hydrogen-bond acceptors (Lipinski definition) is 5. The molecule has 31 heavy (non-hydrogen) atoms. The number of carbonyl (C=O) groups excluding carboxylic acids is 1. The standard InChI is InChI=1S/C25H28N4O2/c1-17-8-9-19(25(31)29-22-6-2-3-7-24(22)30)12-23(17)28-14-18-11-21(16-27-13-18)20-5-4-10-26-15-20/h4-5,8-13,15-16,22,24,28,30H,2-3,6-7,14H2,1H3,(H,29,31)/t22-,24-/m0/s1. The number of nitrogens with one attached hydrogen (secondary N) is 2. The van der Waals surface area contributed by atoms with E-state index in [1.54, 1.807) is 6.20 Å². The summed E-state index contributed by atoms with van der Waals surface area (Å²) in [5.74, 6) is -0.144. The molecule has 0 bridgehead atoms. The predicted octanol–water partition coefficient (Wildman–Crippen LogP) is 4.10. The highest BCUT2D eigenvalue weighted by Gasteiger charge is 2.25. The van der Waals surface area contributed by atoms with Crippen LogP contribution < -0.4 is 10.6 Å². The highest BCUT2D eigenvalue weighted by atomic mass is 16.3. The second-order valence-electron chi connectivity index (χ2n) is 8.14. The van der Waals surface area contributed by atoms with E-state index in [2.05, 4.69) is 26.7 Å². The molecule has 0 unspecified atom stereocenters. The maximum absolute atomic E-state index is 12.7. The van der Waals surface area contributed by atoms with Crippen LogP contribution in [0.25, 0.3) is 11.1 Å². The number of rotatable bonds is 6. The molecular formula is C25H28N4O2. The molecule has 3 aromatic rings. The van der Waals surface area contributed by atoms with Gasteiger partial charge in [0.15, 0.2) is 0 Å². The number of aromatic nitrogens is 2. The Bertz CT molecular complexity index is 1040. The third-order valence-electron chi connectivity index (χ3n) is 5.82. The Morgan fingerprint density at radius 3 is 2.71 bits per heavy atom. The predicted molar refractivity (Wildman–Crippen MR) is 122 cm³/mol. The van der Waals surface area contributed by atoms with Crippen molar-refractivity contribution in [3.05, 3.63) is 77.9 Å². The number of amides is 1. The molecule has 6 nitrogen and oxygen atoms in total. The fourth-order valence-corrected chi connectivity index (χ4v) is 3.96. The molecule has 1 aliphatic carbocycles. The molecule has 0 aliphatic heterocycles. The molecule has 160 valence electrons. The minimum atomic E-state index is -0.458. The first-order valence-corrected chi connectivity index (χ1v) is 10.8. The first kappa shape index (κ1) is 21.0. The Hall–Kier alpha value is -3.25. The van der Waals surface area contributed by atoms with E-state index in [-0.39, 0.29) is 11.9 Å². The second kappa shape index (κ2) is 9.71. The van der Waals surface area contributed by atoms with Crippen molar-refractivity contribution >= 4 is 11.6 Å². The second-order valence-corrected chi connectivity index (χ2v) is 8.14. The van der Waals surface area contributed by atoms with E-state index in [4.69, 9.17) is 0 Å². The monoisotopic (exact) mass is 416 g/mol. The molecule has 2 aromatic heterocycles. The van der Waals surface area contributed by atoms with Gasteiger partial charge in [0.1, 0.15) is 0 Å². The summed E-state index contributed by atoms with van der Waals surface area (Å²) in [6, 6.07) is 11.5. The first-order valence-electron chi connectivity index (χ1n) is 10.8. The van der Waals surface area contributed by atoms with Crippen LogP contribution in [-0.2, 0) is 6.54 Å². The number of aliphatic hydroxyl groups excluding tert-OH is 1. The van der Waals surface area contributed by atoms with Crippen molar-refractivity contribution in [2.24, 2.45) is 0 Å². The van der Waals surface area contributed by atoms with Crippen LogP contribution in [0.2, 0.25) is 0 Å². The molecule has 1 saturated carbocycles. The van der Waals surface area contributed by atoms with E-state index < -0.39 is 6.10 Å². The van der Waals surface area contributed by atoms with Crippen LogP contribution in [0.1, 0.15) is 47.2 Å². The number of anilines is 1. The number of aliphatic hydroxyl groups is 1.